The molecule has 7 heteroatoms. The molecule has 0 spiro atoms. The van der Waals surface area contributed by atoms with Gasteiger partial charge in [-0.1, -0.05) is 91.2 Å². The van der Waals surface area contributed by atoms with Gasteiger partial charge in [0.15, 0.2) is 0 Å². The molecular formula is C30H33N3O4. The number of hydrogen-bond donors (Lipinski definition) is 1. The fourth-order valence-electron chi connectivity index (χ4n) is 5.03. The van der Waals surface area contributed by atoms with Gasteiger partial charge < -0.3 is 10.2 Å². The number of carbonyl (C=O) groups is 2. The molecule has 1 aliphatic carbocycles. The molecule has 0 bridgehead atoms. The number of amides is 2. The van der Waals surface area contributed by atoms with Crippen LogP contribution in [0.5, 0.6) is 0 Å². The number of nitro groups is 1. The second-order valence-corrected chi connectivity index (χ2v) is 9.77. The highest BCUT2D eigenvalue weighted by atomic mass is 16.6. The molecule has 0 aromatic heterocycles. The molecule has 1 unspecified atom stereocenters. The van der Waals surface area contributed by atoms with Crippen LogP contribution in [-0.4, -0.2) is 33.7 Å². The third kappa shape index (κ3) is 7.03. The predicted molar refractivity (Wildman–Crippen MR) is 143 cm³/mol. The lowest BCUT2D eigenvalue weighted by atomic mass is 10.0. The molecule has 1 fully saturated rings. The van der Waals surface area contributed by atoms with Gasteiger partial charge in [0.25, 0.3) is 5.69 Å². The Bertz CT molecular complexity index is 1240. The van der Waals surface area contributed by atoms with Gasteiger partial charge in [0.1, 0.15) is 6.04 Å². The molecule has 3 aromatic carbocycles. The Balaban J connectivity index is 1.69. The number of nitro benzene ring substituents is 1. The largest absolute Gasteiger partial charge is 0.352 e. The van der Waals surface area contributed by atoms with Gasteiger partial charge in [-0.05, 0) is 30.9 Å². The summed E-state index contributed by atoms with van der Waals surface area (Å²) in [5, 5.41) is 14.8. The maximum absolute atomic E-state index is 13.9. The van der Waals surface area contributed by atoms with E-state index in [1.54, 1.807) is 23.1 Å². The van der Waals surface area contributed by atoms with E-state index in [9.17, 15) is 19.7 Å². The molecule has 1 atom stereocenters. The van der Waals surface area contributed by atoms with Gasteiger partial charge in [0.2, 0.25) is 11.8 Å². The molecule has 4 rings (SSSR count). The summed E-state index contributed by atoms with van der Waals surface area (Å²) < 4.78 is 0. The van der Waals surface area contributed by atoms with Crippen LogP contribution in [0.3, 0.4) is 0 Å². The van der Waals surface area contributed by atoms with E-state index in [-0.39, 0.29) is 36.5 Å². The Hall–Kier alpha value is -4.00. The van der Waals surface area contributed by atoms with E-state index in [1.807, 2.05) is 61.5 Å². The minimum Gasteiger partial charge on any atom is -0.352 e. The molecule has 1 N–H and O–H groups in total. The number of nitrogens with one attached hydrogen (secondary N) is 1. The smallest absolute Gasteiger partial charge is 0.273 e. The first-order valence-electron chi connectivity index (χ1n) is 12.8. The van der Waals surface area contributed by atoms with Crippen LogP contribution < -0.4 is 5.32 Å². The van der Waals surface area contributed by atoms with Crippen LogP contribution in [-0.2, 0) is 29.0 Å². The third-order valence-corrected chi connectivity index (χ3v) is 6.94. The molecule has 7 nitrogen and oxygen atoms in total. The van der Waals surface area contributed by atoms with E-state index in [0.29, 0.717) is 12.0 Å². The summed E-state index contributed by atoms with van der Waals surface area (Å²) in [5.41, 5.74) is 3.14. The monoisotopic (exact) mass is 499 g/mol. The molecule has 0 saturated heterocycles. The summed E-state index contributed by atoms with van der Waals surface area (Å²) in [6.07, 6.45) is 4.23. The van der Waals surface area contributed by atoms with Crippen molar-refractivity contribution in [2.75, 3.05) is 0 Å². The minimum atomic E-state index is -0.751. The summed E-state index contributed by atoms with van der Waals surface area (Å²) in [4.78, 5) is 40.3. The van der Waals surface area contributed by atoms with E-state index in [4.69, 9.17) is 0 Å². The van der Waals surface area contributed by atoms with Crippen molar-refractivity contribution in [3.05, 3.63) is 111 Å². The standard InChI is InChI=1S/C30H33N3O4/c1-22-10-9-13-24(18-22)21-32(29(34)20-25-14-5-8-17-27(25)33(36)37)28(19-23-11-3-2-4-12-23)30(35)31-26-15-6-7-16-26/h2-5,8-14,17-18,26,28H,6-7,15-16,19-21H2,1H3,(H,31,35). The van der Waals surface area contributed by atoms with Crippen LogP contribution in [0.15, 0.2) is 78.9 Å². The summed E-state index contributed by atoms with van der Waals surface area (Å²) in [7, 11) is 0. The van der Waals surface area contributed by atoms with Crippen LogP contribution in [0.25, 0.3) is 0 Å². The van der Waals surface area contributed by atoms with Crippen LogP contribution in [0.1, 0.15) is 47.9 Å². The second-order valence-electron chi connectivity index (χ2n) is 9.77. The van der Waals surface area contributed by atoms with Gasteiger partial charge in [-0.3, -0.25) is 19.7 Å². The molecule has 0 heterocycles. The molecule has 1 aliphatic rings. The molecule has 1 saturated carbocycles. The molecule has 37 heavy (non-hydrogen) atoms. The topological polar surface area (TPSA) is 92.6 Å². The summed E-state index contributed by atoms with van der Waals surface area (Å²) in [5.74, 6) is -0.502. The van der Waals surface area contributed by atoms with Crippen LogP contribution in [0.2, 0.25) is 0 Å². The number of rotatable bonds is 10. The SMILES string of the molecule is Cc1cccc(CN(C(=O)Cc2ccccc2[N+](=O)[O-])C(Cc2ccccc2)C(=O)NC2CCCC2)c1. The number of carbonyl (C=O) groups excluding carboxylic acids is 2. The van der Waals surface area contributed by atoms with E-state index in [1.165, 1.54) is 6.07 Å². The van der Waals surface area contributed by atoms with Crippen molar-refractivity contribution in [1.29, 1.82) is 0 Å². The van der Waals surface area contributed by atoms with Gasteiger partial charge in [-0.25, -0.2) is 0 Å². The highest BCUT2D eigenvalue weighted by Crippen LogP contribution is 2.23. The quantitative estimate of drug-likeness (QED) is 0.309. The number of aryl methyl sites for hydroxylation is 1. The minimum absolute atomic E-state index is 0.0960. The number of hydrogen-bond acceptors (Lipinski definition) is 4. The molecule has 0 radical (unpaired) electrons. The Kier molecular flexibility index (Phi) is 8.67. The first kappa shape index (κ1) is 26.1. The average molecular weight is 500 g/mol. The van der Waals surface area contributed by atoms with Crippen molar-refractivity contribution in [2.45, 2.75) is 64.1 Å². The van der Waals surface area contributed by atoms with Gasteiger partial charge in [0, 0.05) is 30.6 Å². The van der Waals surface area contributed by atoms with Crippen molar-refractivity contribution in [2.24, 2.45) is 0 Å². The maximum atomic E-state index is 13.9. The van der Waals surface area contributed by atoms with E-state index in [0.717, 1.165) is 42.4 Å². The maximum Gasteiger partial charge on any atom is 0.273 e. The van der Waals surface area contributed by atoms with Gasteiger partial charge >= 0.3 is 0 Å². The Morgan fingerprint density at radius 3 is 2.35 bits per heavy atom. The van der Waals surface area contributed by atoms with Crippen LogP contribution >= 0.6 is 0 Å². The van der Waals surface area contributed by atoms with Crippen molar-refractivity contribution in [1.82, 2.24) is 10.2 Å². The summed E-state index contributed by atoms with van der Waals surface area (Å²) in [6, 6.07) is 23.1. The zero-order valence-corrected chi connectivity index (χ0v) is 21.1. The van der Waals surface area contributed by atoms with Crippen molar-refractivity contribution >= 4 is 17.5 Å². The number of para-hydroxylation sites is 1. The number of benzene rings is 3. The van der Waals surface area contributed by atoms with Gasteiger partial charge in [-0.2, -0.15) is 0 Å². The molecule has 0 aliphatic heterocycles. The molecule has 3 aromatic rings. The first-order chi connectivity index (χ1) is 17.9. The third-order valence-electron chi connectivity index (χ3n) is 6.94. The lowest BCUT2D eigenvalue weighted by Crippen LogP contribution is -2.52. The second kappa shape index (κ2) is 12.3. The fourth-order valence-corrected chi connectivity index (χ4v) is 5.03. The first-order valence-corrected chi connectivity index (χ1v) is 12.8. The molecular weight excluding hydrogens is 466 g/mol. The van der Waals surface area contributed by atoms with E-state index < -0.39 is 11.0 Å². The Morgan fingerprint density at radius 2 is 1.65 bits per heavy atom. The average Bonchev–Trinajstić information content (AvgIpc) is 3.40. The normalized spacial score (nSPS) is 14.2. The highest BCUT2D eigenvalue weighted by Gasteiger charge is 2.33. The lowest BCUT2D eigenvalue weighted by molar-refractivity contribution is -0.385. The van der Waals surface area contributed by atoms with Crippen molar-refractivity contribution < 1.29 is 14.5 Å². The Morgan fingerprint density at radius 1 is 0.973 bits per heavy atom. The summed E-state index contributed by atoms with van der Waals surface area (Å²) in [6.45, 7) is 2.22. The van der Waals surface area contributed by atoms with E-state index >= 15 is 0 Å². The molecule has 2 amide bonds. The van der Waals surface area contributed by atoms with Crippen LogP contribution in [0, 0.1) is 17.0 Å². The van der Waals surface area contributed by atoms with Gasteiger partial charge in [-0.15, -0.1) is 0 Å². The fraction of sp³-hybridized carbons (Fsp3) is 0.333. The zero-order valence-electron chi connectivity index (χ0n) is 21.1. The molecule has 192 valence electrons. The van der Waals surface area contributed by atoms with Gasteiger partial charge in [0.05, 0.1) is 11.3 Å². The number of nitrogens with zero attached hydrogens (tertiary/aromatic N) is 2. The van der Waals surface area contributed by atoms with Crippen molar-refractivity contribution in [3.8, 4) is 0 Å². The predicted octanol–water partition coefficient (Wildman–Crippen LogP) is 5.14. The van der Waals surface area contributed by atoms with E-state index in [2.05, 4.69) is 5.32 Å². The Labute approximate surface area is 217 Å². The summed E-state index contributed by atoms with van der Waals surface area (Å²) >= 11 is 0. The highest BCUT2D eigenvalue weighted by molar-refractivity contribution is 5.89. The zero-order chi connectivity index (χ0) is 26.2. The lowest BCUT2D eigenvalue weighted by Gasteiger charge is -2.32. The van der Waals surface area contributed by atoms with Crippen LogP contribution in [0.4, 0.5) is 5.69 Å². The van der Waals surface area contributed by atoms with Crippen molar-refractivity contribution in [3.63, 3.8) is 0 Å².